The summed E-state index contributed by atoms with van der Waals surface area (Å²) in [4.78, 5) is 15.8. The van der Waals surface area contributed by atoms with Gasteiger partial charge in [0.2, 0.25) is 11.9 Å². The molecule has 18 heavy (non-hydrogen) atoms. The molecule has 0 aliphatic heterocycles. The number of carbonyl (C=O) groups excluding carboxylic acids is 1. The Morgan fingerprint density at radius 2 is 1.94 bits per heavy atom. The van der Waals surface area contributed by atoms with Crippen molar-refractivity contribution >= 4 is 11.9 Å². The summed E-state index contributed by atoms with van der Waals surface area (Å²) in [6.45, 7) is 11.2. The summed E-state index contributed by atoms with van der Waals surface area (Å²) in [5, 5.41) is 5.89. The summed E-state index contributed by atoms with van der Waals surface area (Å²) >= 11 is 0. The van der Waals surface area contributed by atoms with Gasteiger partial charge in [0, 0.05) is 25.0 Å². The summed E-state index contributed by atoms with van der Waals surface area (Å²) in [5.41, 5.74) is 2.29. The molecular formula is C12H27N5O. The molecule has 0 bridgehead atoms. The molecule has 0 aliphatic carbocycles. The lowest BCUT2D eigenvalue weighted by Gasteiger charge is -2.20. The van der Waals surface area contributed by atoms with E-state index in [2.05, 4.69) is 34.9 Å². The number of hydrogen-bond acceptors (Lipinski definition) is 3. The molecule has 5 N–H and O–H groups in total. The van der Waals surface area contributed by atoms with E-state index in [4.69, 9.17) is 5.84 Å². The van der Waals surface area contributed by atoms with Crippen molar-refractivity contribution < 1.29 is 4.79 Å². The average Bonchev–Trinajstić information content (AvgIpc) is 2.20. The van der Waals surface area contributed by atoms with E-state index in [1.165, 1.54) is 0 Å². The van der Waals surface area contributed by atoms with Crippen molar-refractivity contribution in [3.05, 3.63) is 0 Å². The largest absolute Gasteiger partial charge is 0.355 e. The Hall–Kier alpha value is -1.30. The minimum absolute atomic E-state index is 0.00947. The molecule has 106 valence electrons. The summed E-state index contributed by atoms with van der Waals surface area (Å²) in [5.74, 6) is 6.34. The molecule has 1 amide bonds. The topological polar surface area (TPSA) is 91.5 Å². The molecule has 0 heterocycles. The first-order valence-electron chi connectivity index (χ1n) is 6.30. The second-order valence-electron chi connectivity index (χ2n) is 5.70. The molecule has 0 aromatic rings. The van der Waals surface area contributed by atoms with Crippen molar-refractivity contribution in [2.45, 2.75) is 46.6 Å². The number of aliphatic imine (C=N–C) groups is 1. The van der Waals surface area contributed by atoms with Gasteiger partial charge < -0.3 is 10.6 Å². The summed E-state index contributed by atoms with van der Waals surface area (Å²) in [6, 6.07) is 0. The number of rotatable bonds is 5. The van der Waals surface area contributed by atoms with E-state index in [0.717, 1.165) is 0 Å². The highest BCUT2D eigenvalue weighted by Crippen LogP contribution is 1.98. The Bertz CT molecular complexity index is 281. The fourth-order valence-corrected chi connectivity index (χ4v) is 1.20. The van der Waals surface area contributed by atoms with E-state index in [-0.39, 0.29) is 11.4 Å². The minimum atomic E-state index is -0.197. The molecule has 0 saturated carbocycles. The molecule has 0 aromatic heterocycles. The summed E-state index contributed by atoms with van der Waals surface area (Å²) in [6.07, 6.45) is 0.389. The first-order valence-corrected chi connectivity index (χ1v) is 6.30. The lowest BCUT2D eigenvalue weighted by molar-refractivity contribution is -0.122. The molecule has 0 unspecified atom stereocenters. The van der Waals surface area contributed by atoms with Crippen LogP contribution in [0, 0.1) is 5.92 Å². The molecule has 0 rings (SSSR count). The fraction of sp³-hybridized carbons (Fsp3) is 0.833. The van der Waals surface area contributed by atoms with Gasteiger partial charge in [-0.1, -0.05) is 13.8 Å². The summed E-state index contributed by atoms with van der Waals surface area (Å²) in [7, 11) is 0. The molecule has 0 aromatic carbocycles. The maximum Gasteiger partial charge on any atom is 0.222 e. The Balaban J connectivity index is 3.94. The van der Waals surface area contributed by atoms with Gasteiger partial charge in [-0.3, -0.25) is 15.2 Å². The van der Waals surface area contributed by atoms with Crippen LogP contribution in [0.15, 0.2) is 4.99 Å². The van der Waals surface area contributed by atoms with Gasteiger partial charge in [-0.25, -0.2) is 5.84 Å². The molecule has 0 spiro atoms. The highest BCUT2D eigenvalue weighted by atomic mass is 16.1. The van der Waals surface area contributed by atoms with Crippen molar-refractivity contribution in [2.24, 2.45) is 16.8 Å². The predicted octanol–water partition coefficient (Wildman–Crippen LogP) is 0.356. The average molecular weight is 257 g/mol. The van der Waals surface area contributed by atoms with Crippen molar-refractivity contribution in [3.63, 3.8) is 0 Å². The van der Waals surface area contributed by atoms with E-state index >= 15 is 0 Å². The SMILES string of the molecule is CC(C)CN=C(NN)NCCC(=O)NC(C)(C)C. The molecule has 0 radical (unpaired) electrons. The highest BCUT2D eigenvalue weighted by molar-refractivity contribution is 5.81. The first kappa shape index (κ1) is 16.7. The number of guanidine groups is 1. The monoisotopic (exact) mass is 257 g/mol. The van der Waals surface area contributed by atoms with E-state index in [1.807, 2.05) is 20.8 Å². The van der Waals surface area contributed by atoms with Crippen LogP contribution >= 0.6 is 0 Å². The molecular weight excluding hydrogens is 230 g/mol. The van der Waals surface area contributed by atoms with Gasteiger partial charge in [0.25, 0.3) is 0 Å². The number of nitrogens with zero attached hydrogens (tertiary/aromatic N) is 1. The smallest absolute Gasteiger partial charge is 0.222 e. The number of carbonyl (C=O) groups is 1. The lowest BCUT2D eigenvalue weighted by Crippen LogP contribution is -2.45. The third kappa shape index (κ3) is 9.89. The Kier molecular flexibility index (Phi) is 7.35. The third-order valence-electron chi connectivity index (χ3n) is 1.91. The van der Waals surface area contributed by atoms with Crippen LogP contribution in [-0.4, -0.2) is 30.5 Å². The van der Waals surface area contributed by atoms with Gasteiger partial charge in [0.05, 0.1) is 0 Å². The molecule has 0 fully saturated rings. The van der Waals surface area contributed by atoms with Crippen molar-refractivity contribution in [3.8, 4) is 0 Å². The van der Waals surface area contributed by atoms with Crippen molar-refractivity contribution in [2.75, 3.05) is 13.1 Å². The normalized spacial score (nSPS) is 12.5. The van der Waals surface area contributed by atoms with E-state index in [0.29, 0.717) is 31.4 Å². The minimum Gasteiger partial charge on any atom is -0.355 e. The second-order valence-corrected chi connectivity index (χ2v) is 5.70. The van der Waals surface area contributed by atoms with Crippen molar-refractivity contribution in [1.29, 1.82) is 0 Å². The van der Waals surface area contributed by atoms with E-state index in [9.17, 15) is 4.79 Å². The third-order valence-corrected chi connectivity index (χ3v) is 1.91. The number of hydrogen-bond donors (Lipinski definition) is 4. The Labute approximate surface area is 110 Å². The van der Waals surface area contributed by atoms with E-state index in [1.54, 1.807) is 0 Å². The van der Waals surface area contributed by atoms with Crippen LogP contribution in [0.4, 0.5) is 0 Å². The standard InChI is InChI=1S/C12H27N5O/c1-9(2)8-15-11(17-13)14-7-6-10(18)16-12(3,4)5/h9H,6-8,13H2,1-5H3,(H,16,18)(H2,14,15,17). The number of amides is 1. The zero-order chi connectivity index (χ0) is 14.2. The fourth-order valence-electron chi connectivity index (χ4n) is 1.20. The van der Waals surface area contributed by atoms with Crippen molar-refractivity contribution in [1.82, 2.24) is 16.1 Å². The van der Waals surface area contributed by atoms with Gasteiger partial charge in [-0.15, -0.1) is 0 Å². The zero-order valence-electron chi connectivity index (χ0n) is 12.1. The van der Waals surface area contributed by atoms with Crippen LogP contribution in [0.5, 0.6) is 0 Å². The summed E-state index contributed by atoms with van der Waals surface area (Å²) < 4.78 is 0. The maximum absolute atomic E-state index is 11.6. The second kappa shape index (κ2) is 7.92. The van der Waals surface area contributed by atoms with Crippen LogP contribution in [0.1, 0.15) is 41.0 Å². The van der Waals surface area contributed by atoms with Gasteiger partial charge in [0.1, 0.15) is 0 Å². The van der Waals surface area contributed by atoms with Crippen LogP contribution in [0.25, 0.3) is 0 Å². The van der Waals surface area contributed by atoms with Gasteiger partial charge >= 0.3 is 0 Å². The molecule has 0 aliphatic rings. The maximum atomic E-state index is 11.6. The zero-order valence-corrected chi connectivity index (χ0v) is 12.1. The van der Waals surface area contributed by atoms with Gasteiger partial charge in [-0.05, 0) is 26.7 Å². The number of nitrogens with one attached hydrogen (secondary N) is 3. The number of nitrogens with two attached hydrogens (primary N) is 1. The van der Waals surface area contributed by atoms with Crippen LogP contribution in [0.2, 0.25) is 0 Å². The number of hydrazine groups is 1. The van der Waals surface area contributed by atoms with Crippen LogP contribution in [0.3, 0.4) is 0 Å². The molecule has 0 saturated heterocycles. The van der Waals surface area contributed by atoms with Gasteiger partial charge in [0.15, 0.2) is 0 Å². The highest BCUT2D eigenvalue weighted by Gasteiger charge is 2.13. The Morgan fingerprint density at radius 1 is 1.33 bits per heavy atom. The molecule has 6 nitrogen and oxygen atoms in total. The van der Waals surface area contributed by atoms with Crippen LogP contribution < -0.4 is 21.9 Å². The lowest BCUT2D eigenvalue weighted by atomic mass is 10.1. The van der Waals surface area contributed by atoms with Gasteiger partial charge in [-0.2, -0.15) is 0 Å². The van der Waals surface area contributed by atoms with E-state index < -0.39 is 0 Å². The predicted molar refractivity (Wildman–Crippen MR) is 75.0 cm³/mol. The van der Waals surface area contributed by atoms with Crippen LogP contribution in [-0.2, 0) is 4.79 Å². The Morgan fingerprint density at radius 3 is 2.39 bits per heavy atom. The quantitative estimate of drug-likeness (QED) is 0.248. The molecule has 6 heteroatoms. The molecule has 0 atom stereocenters. The first-order chi connectivity index (χ1) is 8.24.